The number of Topliss-reactive ketones (excluding diaryl/α,β-unsaturated/α-hetero) is 1. The Balaban J connectivity index is 2.18. The molecule has 1 saturated heterocycles. The van der Waals surface area contributed by atoms with E-state index in [1.165, 1.54) is 19.2 Å². The number of aromatic hydroxyl groups is 1. The summed E-state index contributed by atoms with van der Waals surface area (Å²) < 4.78 is 4.98. The van der Waals surface area contributed by atoms with Gasteiger partial charge in [0, 0.05) is 31.5 Å². The van der Waals surface area contributed by atoms with Gasteiger partial charge in [0.15, 0.2) is 0 Å². The zero-order valence-corrected chi connectivity index (χ0v) is 11.0. The topological polar surface area (TPSA) is 66.8 Å². The predicted octanol–water partition coefficient (Wildman–Crippen LogP) is 1.45. The predicted molar refractivity (Wildman–Crippen MR) is 69.4 cm³/mol. The zero-order valence-electron chi connectivity index (χ0n) is 11.0. The van der Waals surface area contributed by atoms with Crippen LogP contribution in [-0.4, -0.2) is 41.9 Å². The van der Waals surface area contributed by atoms with E-state index in [-0.39, 0.29) is 28.9 Å². The van der Waals surface area contributed by atoms with Crippen LogP contribution in [0.4, 0.5) is 0 Å². The van der Waals surface area contributed by atoms with Crippen molar-refractivity contribution in [2.24, 2.45) is 5.92 Å². The molecule has 1 aromatic carbocycles. The molecular weight excluding hydrogens is 246 g/mol. The first-order valence-corrected chi connectivity index (χ1v) is 6.22. The van der Waals surface area contributed by atoms with E-state index in [0.717, 1.165) is 0 Å². The first-order chi connectivity index (χ1) is 9.02. The Morgan fingerprint density at radius 1 is 1.47 bits per heavy atom. The van der Waals surface area contributed by atoms with Crippen molar-refractivity contribution in [2.45, 2.75) is 13.3 Å². The van der Waals surface area contributed by atoms with Crippen LogP contribution < -0.4 is 4.74 Å². The summed E-state index contributed by atoms with van der Waals surface area (Å²) in [6.45, 7) is 2.63. The molecule has 0 aliphatic carbocycles. The van der Waals surface area contributed by atoms with Crippen LogP contribution in [0.15, 0.2) is 18.2 Å². The van der Waals surface area contributed by atoms with E-state index in [1.54, 1.807) is 11.0 Å². The molecule has 1 amide bonds. The van der Waals surface area contributed by atoms with Crippen molar-refractivity contribution in [2.75, 3.05) is 20.2 Å². The van der Waals surface area contributed by atoms with Crippen molar-refractivity contribution in [3.8, 4) is 11.5 Å². The van der Waals surface area contributed by atoms with Crippen LogP contribution in [0.5, 0.6) is 11.5 Å². The molecule has 19 heavy (non-hydrogen) atoms. The van der Waals surface area contributed by atoms with Crippen LogP contribution >= 0.6 is 0 Å². The van der Waals surface area contributed by atoms with Crippen LogP contribution in [0.1, 0.15) is 23.7 Å². The number of nitrogens with zero attached hydrogens (tertiary/aromatic N) is 1. The van der Waals surface area contributed by atoms with Gasteiger partial charge in [-0.3, -0.25) is 9.59 Å². The minimum atomic E-state index is -0.250. The maximum absolute atomic E-state index is 12.3. The molecule has 0 radical (unpaired) electrons. The Kier molecular flexibility index (Phi) is 3.74. The SMILES string of the molecule is COc1ccc(C(=O)N2CCC(=O)C(C)C2)c(O)c1. The summed E-state index contributed by atoms with van der Waals surface area (Å²) >= 11 is 0. The van der Waals surface area contributed by atoms with Gasteiger partial charge < -0.3 is 14.7 Å². The van der Waals surface area contributed by atoms with E-state index in [4.69, 9.17) is 4.74 Å². The molecule has 5 heteroatoms. The lowest BCUT2D eigenvalue weighted by Crippen LogP contribution is -2.43. The second-order valence-corrected chi connectivity index (χ2v) is 4.75. The summed E-state index contributed by atoms with van der Waals surface area (Å²) in [7, 11) is 1.49. The fourth-order valence-electron chi connectivity index (χ4n) is 2.19. The number of likely N-dealkylation sites (tertiary alicyclic amines) is 1. The quantitative estimate of drug-likeness (QED) is 0.877. The van der Waals surface area contributed by atoms with Gasteiger partial charge in [-0.15, -0.1) is 0 Å². The van der Waals surface area contributed by atoms with Gasteiger partial charge in [-0.2, -0.15) is 0 Å². The Bertz CT molecular complexity index is 512. The molecule has 1 aliphatic rings. The summed E-state index contributed by atoms with van der Waals surface area (Å²) in [6, 6.07) is 4.58. The number of hydrogen-bond acceptors (Lipinski definition) is 4. The van der Waals surface area contributed by atoms with E-state index in [0.29, 0.717) is 25.3 Å². The first kappa shape index (κ1) is 13.4. The average molecular weight is 263 g/mol. The maximum Gasteiger partial charge on any atom is 0.257 e. The van der Waals surface area contributed by atoms with Gasteiger partial charge in [-0.1, -0.05) is 6.92 Å². The highest BCUT2D eigenvalue weighted by atomic mass is 16.5. The third-order valence-electron chi connectivity index (χ3n) is 3.39. The Hall–Kier alpha value is -2.04. The number of ether oxygens (including phenoxy) is 1. The number of ketones is 1. The number of benzene rings is 1. The van der Waals surface area contributed by atoms with E-state index in [9.17, 15) is 14.7 Å². The summed E-state index contributed by atoms with van der Waals surface area (Å²) in [5, 5.41) is 9.85. The van der Waals surface area contributed by atoms with Crippen molar-refractivity contribution in [3.05, 3.63) is 23.8 Å². The molecule has 1 heterocycles. The molecule has 1 atom stereocenters. The first-order valence-electron chi connectivity index (χ1n) is 6.22. The number of phenols is 1. The third kappa shape index (κ3) is 2.70. The molecule has 0 saturated carbocycles. The Morgan fingerprint density at radius 3 is 2.79 bits per heavy atom. The van der Waals surface area contributed by atoms with Crippen molar-refractivity contribution in [1.82, 2.24) is 4.90 Å². The van der Waals surface area contributed by atoms with Crippen LogP contribution in [0.2, 0.25) is 0 Å². The highest BCUT2D eigenvalue weighted by Gasteiger charge is 2.28. The molecule has 1 N–H and O–H groups in total. The van der Waals surface area contributed by atoms with Crippen molar-refractivity contribution in [3.63, 3.8) is 0 Å². The van der Waals surface area contributed by atoms with Crippen molar-refractivity contribution >= 4 is 11.7 Å². The fourth-order valence-corrected chi connectivity index (χ4v) is 2.19. The van der Waals surface area contributed by atoms with Gasteiger partial charge in [0.25, 0.3) is 5.91 Å². The average Bonchev–Trinajstić information content (AvgIpc) is 2.41. The minimum Gasteiger partial charge on any atom is -0.507 e. The number of phenolic OH excluding ortho intramolecular Hbond substituents is 1. The summed E-state index contributed by atoms with van der Waals surface area (Å²) in [5.74, 6) is 0.186. The smallest absolute Gasteiger partial charge is 0.257 e. The molecule has 1 unspecified atom stereocenters. The number of carbonyl (C=O) groups is 2. The van der Waals surface area contributed by atoms with Gasteiger partial charge in [0.2, 0.25) is 0 Å². The van der Waals surface area contributed by atoms with Crippen LogP contribution in [0, 0.1) is 5.92 Å². The highest BCUT2D eigenvalue weighted by molar-refractivity contribution is 5.98. The Labute approximate surface area is 111 Å². The van der Waals surface area contributed by atoms with Gasteiger partial charge in [-0.05, 0) is 12.1 Å². The van der Waals surface area contributed by atoms with E-state index in [2.05, 4.69) is 0 Å². The van der Waals surface area contributed by atoms with E-state index < -0.39 is 0 Å². The molecule has 102 valence electrons. The monoisotopic (exact) mass is 263 g/mol. The van der Waals surface area contributed by atoms with Crippen molar-refractivity contribution < 1.29 is 19.4 Å². The van der Waals surface area contributed by atoms with Gasteiger partial charge in [0.05, 0.1) is 12.7 Å². The summed E-state index contributed by atoms with van der Waals surface area (Å²) in [6.07, 6.45) is 0.379. The van der Waals surface area contributed by atoms with Gasteiger partial charge >= 0.3 is 0 Å². The molecule has 2 rings (SSSR count). The second-order valence-electron chi connectivity index (χ2n) is 4.75. The standard InChI is InChI=1S/C14H17NO4/c1-9-8-15(6-5-12(9)16)14(18)11-4-3-10(19-2)7-13(11)17/h3-4,7,9,17H,5-6,8H2,1-2H3. The molecule has 1 fully saturated rings. The van der Waals surface area contributed by atoms with Crippen LogP contribution in [-0.2, 0) is 4.79 Å². The van der Waals surface area contributed by atoms with Crippen LogP contribution in [0.3, 0.4) is 0 Å². The normalized spacial score (nSPS) is 19.4. The minimum absolute atomic E-state index is 0.103. The molecule has 1 aliphatic heterocycles. The molecule has 0 bridgehead atoms. The molecular formula is C14H17NO4. The van der Waals surface area contributed by atoms with Gasteiger partial charge in [0.1, 0.15) is 17.3 Å². The van der Waals surface area contributed by atoms with Crippen LogP contribution in [0.25, 0.3) is 0 Å². The number of methoxy groups -OCH3 is 1. The van der Waals surface area contributed by atoms with Crippen molar-refractivity contribution in [1.29, 1.82) is 0 Å². The molecule has 5 nitrogen and oxygen atoms in total. The van der Waals surface area contributed by atoms with E-state index in [1.807, 2.05) is 6.92 Å². The van der Waals surface area contributed by atoms with Gasteiger partial charge in [-0.25, -0.2) is 0 Å². The number of amides is 1. The summed E-state index contributed by atoms with van der Waals surface area (Å²) in [5.41, 5.74) is 0.238. The lowest BCUT2D eigenvalue weighted by atomic mass is 9.98. The third-order valence-corrected chi connectivity index (χ3v) is 3.39. The lowest BCUT2D eigenvalue weighted by molar-refractivity contribution is -0.124. The fraction of sp³-hybridized carbons (Fsp3) is 0.429. The number of hydrogen-bond donors (Lipinski definition) is 1. The molecule has 0 aromatic heterocycles. The maximum atomic E-state index is 12.3. The lowest BCUT2D eigenvalue weighted by Gasteiger charge is -2.30. The Morgan fingerprint density at radius 2 is 2.21 bits per heavy atom. The molecule has 1 aromatic rings. The largest absolute Gasteiger partial charge is 0.507 e. The number of rotatable bonds is 2. The second kappa shape index (κ2) is 5.30. The number of piperidine rings is 1. The summed E-state index contributed by atoms with van der Waals surface area (Å²) in [4.78, 5) is 25.3. The zero-order chi connectivity index (χ0) is 14.0. The molecule has 0 spiro atoms. The highest BCUT2D eigenvalue weighted by Crippen LogP contribution is 2.25. The van der Waals surface area contributed by atoms with E-state index >= 15 is 0 Å². The number of carbonyl (C=O) groups excluding carboxylic acids is 2.